The first kappa shape index (κ1) is 42.4. The molecule has 0 unspecified atom stereocenters. The van der Waals surface area contributed by atoms with Crippen molar-refractivity contribution in [1.29, 1.82) is 0 Å². The molecular formula is C32H32BBrN6O8S3. The Morgan fingerprint density at radius 1 is 0.647 bits per heavy atom. The smallest absolute Gasteiger partial charge is 0.476 e. The molecule has 266 valence electrons. The molecule has 0 aliphatic carbocycles. The topological polar surface area (TPSA) is 208 Å². The Kier molecular flexibility index (Phi) is 19.0. The summed E-state index contributed by atoms with van der Waals surface area (Å²) in [6, 6.07) is 27.5. The van der Waals surface area contributed by atoms with E-state index >= 15 is 0 Å². The van der Waals surface area contributed by atoms with E-state index in [-0.39, 0.29) is 24.5 Å². The lowest BCUT2D eigenvalue weighted by Gasteiger charge is -2.00. The fraction of sp³-hybridized carbons (Fsp3) is 0.156. The van der Waals surface area contributed by atoms with Crippen LogP contribution in [-0.4, -0.2) is 82.2 Å². The van der Waals surface area contributed by atoms with Crippen molar-refractivity contribution in [1.82, 2.24) is 28.8 Å². The molecule has 0 amide bonds. The van der Waals surface area contributed by atoms with Crippen LogP contribution in [0.25, 0.3) is 20.9 Å². The van der Waals surface area contributed by atoms with Gasteiger partial charge in [-0.25, -0.2) is 14.4 Å². The van der Waals surface area contributed by atoms with Crippen LogP contribution in [0.4, 0.5) is 0 Å². The largest absolute Gasteiger partial charge is 0.488 e. The molecule has 0 spiro atoms. The number of benzene rings is 3. The summed E-state index contributed by atoms with van der Waals surface area (Å²) < 4.78 is 21.2. The lowest BCUT2D eigenvalue weighted by Crippen LogP contribution is -2.29. The number of carbonyl (C=O) groups excluding carboxylic acids is 2. The Morgan fingerprint density at radius 2 is 1.04 bits per heavy atom. The average Bonchev–Trinajstić information content (AvgIpc) is 3.92. The molecule has 51 heavy (non-hydrogen) atoms. The van der Waals surface area contributed by atoms with Gasteiger partial charge in [0.25, 0.3) is 0 Å². The summed E-state index contributed by atoms with van der Waals surface area (Å²) in [7, 11) is -1.34. The molecule has 0 bridgehead atoms. The summed E-state index contributed by atoms with van der Waals surface area (Å²) in [4.78, 5) is 34.7. The van der Waals surface area contributed by atoms with E-state index < -0.39 is 25.0 Å². The molecule has 0 saturated carbocycles. The van der Waals surface area contributed by atoms with Gasteiger partial charge in [0.1, 0.15) is 3.79 Å². The van der Waals surface area contributed by atoms with Gasteiger partial charge < -0.3 is 24.6 Å². The van der Waals surface area contributed by atoms with Gasteiger partial charge in [0.15, 0.2) is 17.1 Å². The minimum Gasteiger partial charge on any atom is -0.476 e. The fourth-order valence-corrected chi connectivity index (χ4v) is 5.69. The molecule has 6 rings (SSSR count). The molecule has 6 aromatic rings. The maximum atomic E-state index is 11.6. The van der Waals surface area contributed by atoms with Crippen molar-refractivity contribution in [3.63, 3.8) is 0 Å². The summed E-state index contributed by atoms with van der Waals surface area (Å²) in [5.41, 5.74) is 2.84. The van der Waals surface area contributed by atoms with Crippen molar-refractivity contribution < 1.29 is 39.0 Å². The SMILES string of the molecule is C.CCOC(=O)c1nnsc1-c1ccccc1.CCOC(=O)c1nnsc1Br.O=C(O)c1nnsc1-c1ccccc1.OB(O)c1ccccc1. The number of hydrogen-bond acceptors (Lipinski definition) is 16. The summed E-state index contributed by atoms with van der Waals surface area (Å²) in [6.07, 6.45) is 0. The van der Waals surface area contributed by atoms with Crippen LogP contribution < -0.4 is 5.46 Å². The van der Waals surface area contributed by atoms with Crippen molar-refractivity contribution in [2.24, 2.45) is 0 Å². The van der Waals surface area contributed by atoms with Crippen LogP contribution in [0.2, 0.25) is 0 Å². The summed E-state index contributed by atoms with van der Waals surface area (Å²) in [6.45, 7) is 4.19. The Hall–Kier alpha value is -4.79. The number of aromatic carboxylic acids is 1. The van der Waals surface area contributed by atoms with Gasteiger partial charge in [-0.3, -0.25) is 0 Å². The van der Waals surface area contributed by atoms with Crippen LogP contribution in [0.15, 0.2) is 94.8 Å². The third-order valence-electron chi connectivity index (χ3n) is 5.73. The molecule has 14 nitrogen and oxygen atoms in total. The Balaban J connectivity index is 0.000000239. The maximum Gasteiger partial charge on any atom is 0.488 e. The monoisotopic (exact) mass is 814 g/mol. The van der Waals surface area contributed by atoms with Gasteiger partial charge in [-0.15, -0.1) is 15.3 Å². The minimum absolute atomic E-state index is 0. The van der Waals surface area contributed by atoms with Gasteiger partial charge in [0, 0.05) is 0 Å². The molecule has 0 aliphatic heterocycles. The Bertz CT molecular complexity index is 1920. The number of carboxylic acids is 1. The number of carboxylic acid groups (broad SMARTS) is 1. The molecule has 0 aliphatic rings. The van der Waals surface area contributed by atoms with E-state index in [2.05, 4.69) is 44.7 Å². The molecule has 3 heterocycles. The highest BCUT2D eigenvalue weighted by atomic mass is 79.9. The number of esters is 2. The molecule has 0 saturated heterocycles. The van der Waals surface area contributed by atoms with E-state index in [4.69, 9.17) is 24.6 Å². The molecule has 3 aromatic carbocycles. The molecule has 0 fully saturated rings. The van der Waals surface area contributed by atoms with Crippen molar-refractivity contribution in [3.05, 3.63) is 112 Å². The number of aromatic nitrogens is 6. The highest BCUT2D eigenvalue weighted by molar-refractivity contribution is 9.11. The molecule has 19 heteroatoms. The summed E-state index contributed by atoms with van der Waals surface area (Å²) in [5, 5.41) is 36.9. The molecule has 0 atom stereocenters. The second-order valence-electron chi connectivity index (χ2n) is 9.06. The first-order valence-electron chi connectivity index (χ1n) is 14.4. The third-order valence-corrected chi connectivity index (χ3v) is 8.61. The lowest BCUT2D eigenvalue weighted by atomic mass is 9.81. The van der Waals surface area contributed by atoms with Gasteiger partial charge >= 0.3 is 25.0 Å². The van der Waals surface area contributed by atoms with Crippen LogP contribution in [0.3, 0.4) is 0 Å². The lowest BCUT2D eigenvalue weighted by molar-refractivity contribution is 0.0510. The number of ether oxygens (including phenoxy) is 2. The molecular weight excluding hydrogens is 783 g/mol. The predicted octanol–water partition coefficient (Wildman–Crippen LogP) is 5.76. The summed E-state index contributed by atoms with van der Waals surface area (Å²) >= 11 is 6.53. The maximum absolute atomic E-state index is 11.6. The normalized spacial score (nSPS) is 9.59. The van der Waals surface area contributed by atoms with Crippen LogP contribution >= 0.6 is 50.5 Å². The van der Waals surface area contributed by atoms with Crippen molar-refractivity contribution >= 4 is 81.0 Å². The van der Waals surface area contributed by atoms with Gasteiger partial charge in [-0.05, 0) is 81.0 Å². The van der Waals surface area contributed by atoms with Gasteiger partial charge in [0.05, 0.1) is 23.0 Å². The van der Waals surface area contributed by atoms with Gasteiger partial charge in [0.2, 0.25) is 0 Å². The average molecular weight is 816 g/mol. The van der Waals surface area contributed by atoms with E-state index in [0.29, 0.717) is 27.3 Å². The van der Waals surface area contributed by atoms with E-state index in [1.165, 1.54) is 11.5 Å². The zero-order chi connectivity index (χ0) is 36.3. The van der Waals surface area contributed by atoms with Crippen LogP contribution in [-0.2, 0) is 9.47 Å². The molecule has 3 aromatic heterocycles. The number of hydrogen-bond donors (Lipinski definition) is 3. The first-order valence-corrected chi connectivity index (χ1v) is 17.5. The van der Waals surface area contributed by atoms with E-state index in [9.17, 15) is 14.4 Å². The quantitative estimate of drug-likeness (QED) is 0.123. The minimum atomic E-state index is -1.34. The highest BCUT2D eigenvalue weighted by Gasteiger charge is 2.19. The Morgan fingerprint density at radius 3 is 1.43 bits per heavy atom. The van der Waals surface area contributed by atoms with E-state index in [1.54, 1.807) is 38.1 Å². The van der Waals surface area contributed by atoms with E-state index in [1.807, 2.05) is 66.7 Å². The standard InChI is InChI=1S/C11H10N2O2S.C9H6N2O2S.C6H7BO2.C5H5BrN2O2S.CH4/c1-2-15-11(14)9-10(16-13-12-9)8-6-4-3-5-7-8;12-9(13)7-8(14-11-10-7)6-4-2-1-3-5-6;8-7(9)6-4-2-1-3-5-6;1-2-10-5(9)3-4(6)11-8-7-3;/h3-7H,2H2,1H3;1-5H,(H,12,13);1-5,8-9H;2H2,1H3;1H4. The van der Waals surface area contributed by atoms with Crippen LogP contribution in [0.5, 0.6) is 0 Å². The van der Waals surface area contributed by atoms with Crippen molar-refractivity contribution in [2.45, 2.75) is 21.3 Å². The Labute approximate surface area is 314 Å². The van der Waals surface area contributed by atoms with Gasteiger partial charge in [-0.1, -0.05) is 112 Å². The zero-order valence-corrected chi connectivity index (χ0v) is 30.4. The van der Waals surface area contributed by atoms with Gasteiger partial charge in [-0.2, -0.15) is 0 Å². The highest BCUT2D eigenvalue weighted by Crippen LogP contribution is 2.27. The number of nitrogens with zero attached hydrogens (tertiary/aromatic N) is 6. The zero-order valence-electron chi connectivity index (χ0n) is 26.3. The number of halogens is 1. The third kappa shape index (κ3) is 13.5. The predicted molar refractivity (Wildman–Crippen MR) is 200 cm³/mol. The van der Waals surface area contributed by atoms with E-state index in [0.717, 1.165) is 39.1 Å². The van der Waals surface area contributed by atoms with Crippen molar-refractivity contribution in [3.8, 4) is 20.9 Å². The second kappa shape index (κ2) is 22.8. The second-order valence-corrected chi connectivity index (χ2v) is 12.6. The van der Waals surface area contributed by atoms with Crippen LogP contribution in [0.1, 0.15) is 52.7 Å². The van der Waals surface area contributed by atoms with Crippen molar-refractivity contribution in [2.75, 3.05) is 13.2 Å². The number of carbonyl (C=O) groups is 3. The first-order chi connectivity index (χ1) is 24.2. The van der Waals surface area contributed by atoms with Crippen LogP contribution in [0, 0.1) is 0 Å². The summed E-state index contributed by atoms with van der Waals surface area (Å²) in [5.74, 6) is -1.90. The fourth-order valence-electron chi connectivity index (χ4n) is 3.54. The molecule has 0 radical (unpaired) electrons. The molecule has 3 N–H and O–H groups in total. The number of rotatable bonds is 8.